The summed E-state index contributed by atoms with van der Waals surface area (Å²) in [5.74, 6) is 0. The lowest BCUT2D eigenvalue weighted by Crippen LogP contribution is -2.49. The van der Waals surface area contributed by atoms with E-state index in [9.17, 15) is 0 Å². The maximum Gasteiger partial charge on any atom is 0.0480 e. The first-order chi connectivity index (χ1) is 31.6. The van der Waals surface area contributed by atoms with E-state index in [-0.39, 0.29) is 43.3 Å². The van der Waals surface area contributed by atoms with Crippen molar-refractivity contribution in [2.75, 3.05) is 0 Å². The van der Waals surface area contributed by atoms with Crippen molar-refractivity contribution in [2.24, 2.45) is 0 Å². The highest BCUT2D eigenvalue weighted by Crippen LogP contribution is 2.65. The van der Waals surface area contributed by atoms with Crippen molar-refractivity contribution in [2.45, 2.75) is 233 Å². The van der Waals surface area contributed by atoms with E-state index in [0.717, 1.165) is 0 Å². The molecule has 4 N–H and O–H groups in total. The Bertz CT molecular complexity index is 3140. The fourth-order valence-electron chi connectivity index (χ4n) is 18.5. The zero-order chi connectivity index (χ0) is 48.7. The van der Waals surface area contributed by atoms with Gasteiger partial charge in [-0.05, 0) is 201 Å². The van der Waals surface area contributed by atoms with Crippen LogP contribution in [-0.4, -0.2) is 19.9 Å². The van der Waals surface area contributed by atoms with Crippen LogP contribution in [0.1, 0.15) is 257 Å². The highest BCUT2D eigenvalue weighted by atomic mass is 14.9. The summed E-state index contributed by atoms with van der Waals surface area (Å²) in [6.45, 7) is 50.4. The van der Waals surface area contributed by atoms with Gasteiger partial charge in [0, 0.05) is 87.5 Å². The summed E-state index contributed by atoms with van der Waals surface area (Å²) in [7, 11) is 0. The van der Waals surface area contributed by atoms with E-state index in [1.165, 1.54) is 118 Å². The average molecular weight is 905 g/mol. The first-order valence-corrected chi connectivity index (χ1v) is 26.8. The first-order valence-electron chi connectivity index (χ1n) is 26.8. The number of hydrogen-bond acceptors (Lipinski definition) is 0. The molecule has 1 aliphatic heterocycles. The van der Waals surface area contributed by atoms with Crippen LogP contribution in [-0.2, 0) is 43.3 Å². The molecule has 0 amide bonds. The van der Waals surface area contributed by atoms with Crippen LogP contribution >= 0.6 is 0 Å². The van der Waals surface area contributed by atoms with Crippen LogP contribution in [0.3, 0.4) is 0 Å². The molecular formula is C64H80N4. The van der Waals surface area contributed by atoms with Gasteiger partial charge < -0.3 is 19.9 Å². The number of allylic oxidation sites excluding steroid dienone is 8. The van der Waals surface area contributed by atoms with E-state index in [2.05, 4.69) is 158 Å². The van der Waals surface area contributed by atoms with Crippen molar-refractivity contribution in [3.05, 3.63) is 133 Å². The second-order valence-electron chi connectivity index (χ2n) is 26.7. The molecule has 0 fully saturated rings. The molecule has 4 heteroatoms. The van der Waals surface area contributed by atoms with Crippen LogP contribution < -0.4 is 21.4 Å². The van der Waals surface area contributed by atoms with Gasteiger partial charge in [0.05, 0.1) is 0 Å². The molecule has 0 aromatic carbocycles. The minimum atomic E-state index is -0.0576. The van der Waals surface area contributed by atoms with E-state index >= 15 is 0 Å². The van der Waals surface area contributed by atoms with Gasteiger partial charge in [0.2, 0.25) is 0 Å². The second kappa shape index (κ2) is 12.2. The van der Waals surface area contributed by atoms with E-state index in [0.29, 0.717) is 0 Å². The molecule has 0 spiro atoms. The van der Waals surface area contributed by atoms with Crippen LogP contribution in [0.5, 0.6) is 0 Å². The molecule has 0 radical (unpaired) electrons. The summed E-state index contributed by atoms with van der Waals surface area (Å²) in [6, 6.07) is 0. The molecular weight excluding hydrogens is 825 g/mol. The molecule has 5 heterocycles. The van der Waals surface area contributed by atoms with Gasteiger partial charge in [0.1, 0.15) is 0 Å². The van der Waals surface area contributed by atoms with Gasteiger partial charge in [-0.25, -0.2) is 0 Å². The molecule has 12 aliphatic carbocycles. The Hall–Kier alpha value is -4.44. The Morgan fingerprint density at radius 2 is 0.368 bits per heavy atom. The lowest BCUT2D eigenvalue weighted by Gasteiger charge is -2.53. The normalized spacial score (nSPS) is 37.4. The molecule has 0 saturated heterocycles. The third-order valence-corrected chi connectivity index (χ3v) is 24.8. The minimum Gasteiger partial charge on any atom is -0.354 e. The molecule has 17 rings (SSSR count). The van der Waals surface area contributed by atoms with E-state index in [4.69, 9.17) is 0 Å². The lowest BCUT2D eigenvalue weighted by molar-refractivity contribution is 0.316. The summed E-state index contributed by atoms with van der Waals surface area (Å²) < 4.78 is 0. The van der Waals surface area contributed by atoms with Crippen LogP contribution in [0, 0.1) is 0 Å². The Kier molecular flexibility index (Phi) is 7.80. The van der Waals surface area contributed by atoms with Crippen molar-refractivity contribution >= 4 is 22.3 Å². The molecule has 4 aromatic heterocycles. The van der Waals surface area contributed by atoms with E-state index in [1.54, 1.807) is 89.1 Å². The number of rotatable bonds is 0. The molecule has 4 nitrogen and oxygen atoms in total. The SMILES string of the molecule is CC1=C(C)C2(C)CCC1(C)c1c3[nH]c(c12)C(C)=c1[nH]c(c2c1C1(C)CCC2(C)C(C)=C1C)=C(C)c1[nH]c(c2c1C1(C)CCC2(C)C(C)=C1C)C(C)=c1[nH]c(c2c1C1(C)CCC2(C)C(C)=C1C)=C3C. The maximum absolute atomic E-state index is 4.47. The zero-order valence-corrected chi connectivity index (χ0v) is 45.7. The zero-order valence-electron chi connectivity index (χ0n) is 45.7. The fourth-order valence-corrected chi connectivity index (χ4v) is 18.5. The standard InChI is InChI=1S/C64H80N4/c1-29-49-41-43(59(15)23-21-57(41,13)33(5)35(59)7)51(65-49)30(2)53-45-47(63(19)27-25-61(45,17)37(9)39(63)11)55(67-53)32(4)56-48-46(62(18)26-28-64(48,20)40(12)38(62)10)54(68-56)31(3)52-44-42(50(29)66-52)58(14)22-24-60(44,16)36(8)34(58)6/h65-68H,21-28H2,1-20H3. The molecule has 4 aromatic rings. The van der Waals surface area contributed by atoms with Crippen LogP contribution in [0.4, 0.5) is 0 Å². The highest BCUT2D eigenvalue weighted by Gasteiger charge is 2.58. The quantitative estimate of drug-likeness (QED) is 0.127. The van der Waals surface area contributed by atoms with Gasteiger partial charge in [0.25, 0.3) is 0 Å². The Labute approximate surface area is 406 Å². The largest absolute Gasteiger partial charge is 0.354 e. The first kappa shape index (κ1) is 43.6. The van der Waals surface area contributed by atoms with Gasteiger partial charge in [-0.2, -0.15) is 0 Å². The smallest absolute Gasteiger partial charge is 0.0480 e. The summed E-state index contributed by atoms with van der Waals surface area (Å²) in [5, 5.41) is 5.42. The number of H-pyrrole nitrogens is 4. The summed E-state index contributed by atoms with van der Waals surface area (Å²) in [4.78, 5) is 17.9. The number of nitrogens with one attached hydrogen (secondary N) is 4. The van der Waals surface area contributed by atoms with E-state index in [1.807, 2.05) is 0 Å². The summed E-state index contributed by atoms with van der Waals surface area (Å²) in [6.07, 6.45) is 9.41. The van der Waals surface area contributed by atoms with Crippen molar-refractivity contribution in [3.63, 3.8) is 0 Å². The van der Waals surface area contributed by atoms with Crippen LogP contribution in [0.2, 0.25) is 0 Å². The molecule has 68 heavy (non-hydrogen) atoms. The highest BCUT2D eigenvalue weighted by molar-refractivity contribution is 5.84. The van der Waals surface area contributed by atoms with Crippen molar-refractivity contribution in [1.29, 1.82) is 0 Å². The predicted molar refractivity (Wildman–Crippen MR) is 284 cm³/mol. The summed E-state index contributed by atoms with van der Waals surface area (Å²) in [5.41, 5.74) is 35.6. The number of aromatic nitrogens is 4. The van der Waals surface area contributed by atoms with E-state index < -0.39 is 0 Å². The van der Waals surface area contributed by atoms with Crippen LogP contribution in [0.25, 0.3) is 22.3 Å². The van der Waals surface area contributed by atoms with Gasteiger partial charge in [-0.3, -0.25) is 0 Å². The molecule has 8 unspecified atom stereocenters. The molecule has 356 valence electrons. The van der Waals surface area contributed by atoms with Crippen LogP contribution in [0.15, 0.2) is 44.6 Å². The maximum atomic E-state index is 4.47. The third-order valence-electron chi connectivity index (χ3n) is 24.8. The Morgan fingerprint density at radius 1 is 0.221 bits per heavy atom. The van der Waals surface area contributed by atoms with Crippen molar-refractivity contribution < 1.29 is 0 Å². The second-order valence-corrected chi connectivity index (χ2v) is 26.7. The molecule has 16 bridgehead atoms. The van der Waals surface area contributed by atoms with Crippen molar-refractivity contribution in [3.8, 4) is 0 Å². The van der Waals surface area contributed by atoms with Gasteiger partial charge >= 0.3 is 0 Å². The Morgan fingerprint density at radius 3 is 0.529 bits per heavy atom. The minimum absolute atomic E-state index is 0.0576. The fraction of sp³-hybridized carbons (Fsp3) is 0.562. The Balaban J connectivity index is 1.32. The lowest BCUT2D eigenvalue weighted by atomic mass is 9.50. The van der Waals surface area contributed by atoms with Crippen molar-refractivity contribution in [1.82, 2.24) is 19.9 Å². The predicted octanol–water partition coefficient (Wildman–Crippen LogP) is 12.8. The number of hydrogen-bond donors (Lipinski definition) is 4. The van der Waals surface area contributed by atoms with Gasteiger partial charge in [-0.1, -0.05) is 100.0 Å². The monoisotopic (exact) mass is 905 g/mol. The molecule has 13 aliphatic rings. The van der Waals surface area contributed by atoms with Gasteiger partial charge in [-0.15, -0.1) is 0 Å². The third kappa shape index (κ3) is 4.21. The average Bonchev–Trinajstić information content (AvgIpc) is 4.12. The molecule has 0 saturated carbocycles. The summed E-state index contributed by atoms with van der Waals surface area (Å²) >= 11 is 0. The number of aromatic amines is 4. The number of fused-ring (bicyclic) bond motifs is 12. The van der Waals surface area contributed by atoms with Gasteiger partial charge in [0.15, 0.2) is 0 Å². The topological polar surface area (TPSA) is 63.2 Å². The molecule has 8 atom stereocenters.